The Kier molecular flexibility index (Phi) is 3.27. The van der Waals surface area contributed by atoms with Crippen molar-refractivity contribution in [2.75, 3.05) is 6.54 Å². The molecule has 6 nitrogen and oxygen atoms in total. The maximum atomic E-state index is 10.4. The highest BCUT2D eigenvalue weighted by molar-refractivity contribution is 8.21. The van der Waals surface area contributed by atoms with Gasteiger partial charge in [0.05, 0.1) is 0 Å². The second-order valence-electron chi connectivity index (χ2n) is 1.66. The van der Waals surface area contributed by atoms with Crippen LogP contribution in [0.4, 0.5) is 0 Å². The van der Waals surface area contributed by atoms with Crippen molar-refractivity contribution in [3.63, 3.8) is 0 Å². The van der Waals surface area contributed by atoms with Gasteiger partial charge in [-0.3, -0.25) is 4.55 Å². The SMILES string of the molecule is NCC(S(=O)(=O)O)S(=O)(=O)Cl. The second kappa shape index (κ2) is 3.23. The lowest BCUT2D eigenvalue weighted by Crippen LogP contribution is -2.34. The third kappa shape index (κ3) is 3.34. The largest absolute Gasteiger partial charge is 0.328 e. The molecule has 0 aromatic carbocycles. The van der Waals surface area contributed by atoms with Crippen molar-refractivity contribution in [3.05, 3.63) is 0 Å². The molecule has 0 spiro atoms. The molecule has 0 saturated heterocycles. The van der Waals surface area contributed by atoms with E-state index in [9.17, 15) is 16.8 Å². The van der Waals surface area contributed by atoms with Gasteiger partial charge in [0.15, 0.2) is 0 Å². The quantitative estimate of drug-likeness (QED) is 0.455. The minimum atomic E-state index is -4.72. The molecular formula is C2H6ClNO5S2. The van der Waals surface area contributed by atoms with Crippen LogP contribution in [-0.4, -0.2) is 32.5 Å². The zero-order chi connectivity index (χ0) is 9.28. The lowest BCUT2D eigenvalue weighted by molar-refractivity contribution is 0.477. The van der Waals surface area contributed by atoms with E-state index in [2.05, 4.69) is 10.7 Å². The Morgan fingerprint density at radius 1 is 1.36 bits per heavy atom. The summed E-state index contributed by atoms with van der Waals surface area (Å²) >= 11 is 0. The highest BCUT2D eigenvalue weighted by Gasteiger charge is 2.33. The number of nitrogens with two attached hydrogens (primary N) is 1. The molecule has 0 aromatic rings. The van der Waals surface area contributed by atoms with Gasteiger partial charge in [-0.25, -0.2) is 8.42 Å². The fourth-order valence-electron chi connectivity index (χ4n) is 0.382. The molecular weight excluding hydrogens is 218 g/mol. The van der Waals surface area contributed by atoms with Crippen LogP contribution >= 0.6 is 10.7 Å². The van der Waals surface area contributed by atoms with Gasteiger partial charge in [0.25, 0.3) is 19.2 Å². The first-order valence-electron chi connectivity index (χ1n) is 2.29. The van der Waals surface area contributed by atoms with Crippen molar-refractivity contribution < 1.29 is 21.4 Å². The van der Waals surface area contributed by atoms with Crippen LogP contribution in [0.15, 0.2) is 0 Å². The van der Waals surface area contributed by atoms with Crippen LogP contribution in [0, 0.1) is 0 Å². The summed E-state index contributed by atoms with van der Waals surface area (Å²) in [4.78, 5) is 0. The topological polar surface area (TPSA) is 115 Å². The summed E-state index contributed by atoms with van der Waals surface area (Å²) in [6.07, 6.45) is 0. The molecule has 0 heterocycles. The van der Waals surface area contributed by atoms with E-state index in [1.54, 1.807) is 0 Å². The van der Waals surface area contributed by atoms with Crippen LogP contribution in [-0.2, 0) is 19.2 Å². The molecule has 0 amide bonds. The van der Waals surface area contributed by atoms with Gasteiger partial charge < -0.3 is 5.73 Å². The summed E-state index contributed by atoms with van der Waals surface area (Å²) in [6.45, 7) is -0.773. The Morgan fingerprint density at radius 2 is 1.73 bits per heavy atom. The number of hydrogen-bond acceptors (Lipinski definition) is 5. The number of hydrogen-bond donors (Lipinski definition) is 2. The smallest absolute Gasteiger partial charge is 0.284 e. The first kappa shape index (κ1) is 11.1. The minimum Gasteiger partial charge on any atom is -0.328 e. The highest BCUT2D eigenvalue weighted by Crippen LogP contribution is 2.11. The van der Waals surface area contributed by atoms with Gasteiger partial charge >= 0.3 is 0 Å². The summed E-state index contributed by atoms with van der Waals surface area (Å²) in [5.74, 6) is 0. The average molecular weight is 224 g/mol. The molecule has 68 valence electrons. The molecule has 0 bridgehead atoms. The van der Waals surface area contributed by atoms with Crippen LogP contribution < -0.4 is 5.73 Å². The summed E-state index contributed by atoms with van der Waals surface area (Å²) < 4.78 is 47.3. The van der Waals surface area contributed by atoms with E-state index < -0.39 is 30.3 Å². The first-order chi connectivity index (χ1) is 4.69. The van der Waals surface area contributed by atoms with E-state index in [0.717, 1.165) is 0 Å². The molecule has 0 radical (unpaired) electrons. The fraction of sp³-hybridized carbons (Fsp3) is 1.00. The van der Waals surface area contributed by atoms with Gasteiger partial charge in [-0.05, 0) is 0 Å². The Bertz CT molecular complexity index is 284. The van der Waals surface area contributed by atoms with Crippen molar-refractivity contribution in [2.45, 2.75) is 4.58 Å². The second-order valence-corrected chi connectivity index (χ2v) is 6.36. The molecule has 11 heavy (non-hydrogen) atoms. The van der Waals surface area contributed by atoms with Crippen molar-refractivity contribution in [1.29, 1.82) is 0 Å². The number of halogens is 1. The van der Waals surface area contributed by atoms with Crippen LogP contribution in [0.1, 0.15) is 0 Å². The maximum absolute atomic E-state index is 10.4. The van der Waals surface area contributed by atoms with E-state index in [1.165, 1.54) is 0 Å². The maximum Gasteiger partial charge on any atom is 0.284 e. The van der Waals surface area contributed by atoms with Gasteiger partial charge in [0.1, 0.15) is 0 Å². The zero-order valence-electron chi connectivity index (χ0n) is 5.14. The number of rotatable bonds is 3. The Labute approximate surface area is 68.5 Å². The molecule has 0 aliphatic heterocycles. The minimum absolute atomic E-state index is 0.773. The van der Waals surface area contributed by atoms with E-state index >= 15 is 0 Å². The van der Waals surface area contributed by atoms with Crippen LogP contribution in [0.2, 0.25) is 0 Å². The van der Waals surface area contributed by atoms with E-state index in [-0.39, 0.29) is 0 Å². The standard InChI is InChI=1S/C2H6ClNO5S2/c3-10(5,6)2(1-4)11(7,8)9/h2H,1,4H2,(H,7,8,9). The summed E-state index contributed by atoms with van der Waals surface area (Å²) in [6, 6.07) is 0. The molecule has 0 aliphatic carbocycles. The van der Waals surface area contributed by atoms with Crippen molar-refractivity contribution in [2.24, 2.45) is 5.73 Å². The lowest BCUT2D eigenvalue weighted by Gasteiger charge is -2.05. The van der Waals surface area contributed by atoms with E-state index in [1.807, 2.05) is 0 Å². The third-order valence-corrected chi connectivity index (χ3v) is 4.97. The summed E-state index contributed by atoms with van der Waals surface area (Å²) in [5, 5.41) is 0. The molecule has 1 unspecified atom stereocenters. The Hall–Kier alpha value is 0.110. The van der Waals surface area contributed by atoms with E-state index in [4.69, 9.17) is 10.3 Å². The van der Waals surface area contributed by atoms with Crippen LogP contribution in [0.25, 0.3) is 0 Å². The van der Waals surface area contributed by atoms with E-state index in [0.29, 0.717) is 0 Å². The molecule has 0 rings (SSSR count). The van der Waals surface area contributed by atoms with Gasteiger partial charge in [-0.1, -0.05) is 0 Å². The van der Waals surface area contributed by atoms with Crippen molar-refractivity contribution in [3.8, 4) is 0 Å². The van der Waals surface area contributed by atoms with Crippen LogP contribution in [0.3, 0.4) is 0 Å². The molecule has 0 aliphatic rings. The Balaban J connectivity index is 5.05. The molecule has 9 heteroatoms. The first-order valence-corrected chi connectivity index (χ1v) is 6.17. The average Bonchev–Trinajstić information content (AvgIpc) is 1.56. The molecule has 0 saturated carbocycles. The Morgan fingerprint density at radius 3 is 1.73 bits per heavy atom. The van der Waals surface area contributed by atoms with Gasteiger partial charge in [0, 0.05) is 17.2 Å². The van der Waals surface area contributed by atoms with Crippen molar-refractivity contribution >= 4 is 29.9 Å². The molecule has 1 atom stereocenters. The normalized spacial score (nSPS) is 16.3. The molecule has 0 fully saturated rings. The lowest BCUT2D eigenvalue weighted by atomic mass is 10.8. The monoisotopic (exact) mass is 223 g/mol. The third-order valence-electron chi connectivity index (χ3n) is 0.839. The van der Waals surface area contributed by atoms with Gasteiger partial charge in [0.2, 0.25) is 4.58 Å². The van der Waals surface area contributed by atoms with Crippen molar-refractivity contribution in [1.82, 2.24) is 0 Å². The predicted molar refractivity (Wildman–Crippen MR) is 39.2 cm³/mol. The predicted octanol–water partition coefficient (Wildman–Crippen LogP) is -1.27. The molecule has 0 aromatic heterocycles. The zero-order valence-corrected chi connectivity index (χ0v) is 7.53. The van der Waals surface area contributed by atoms with Gasteiger partial charge in [-0.2, -0.15) is 8.42 Å². The van der Waals surface area contributed by atoms with Crippen LogP contribution in [0.5, 0.6) is 0 Å². The summed E-state index contributed by atoms with van der Waals surface area (Å²) in [5.41, 5.74) is 4.74. The summed E-state index contributed by atoms with van der Waals surface area (Å²) in [7, 11) is -4.44. The van der Waals surface area contributed by atoms with Gasteiger partial charge in [-0.15, -0.1) is 0 Å². The fourth-order valence-corrected chi connectivity index (χ4v) is 3.06. The molecule has 3 N–H and O–H groups in total. The highest BCUT2D eigenvalue weighted by atomic mass is 35.7.